The molecular formula is C14H17ClN2O3S. The lowest BCUT2D eigenvalue weighted by Gasteiger charge is -2.20. The Hall–Kier alpha value is -1.27. The van der Waals surface area contributed by atoms with E-state index < -0.39 is 4.92 Å². The highest BCUT2D eigenvalue weighted by molar-refractivity contribution is 7.99. The minimum atomic E-state index is -0.579. The topological polar surface area (TPSA) is 72.2 Å². The third-order valence-corrected chi connectivity index (χ3v) is 5.20. The van der Waals surface area contributed by atoms with Crippen molar-refractivity contribution in [1.82, 2.24) is 5.32 Å². The first kappa shape index (κ1) is 16.1. The van der Waals surface area contributed by atoms with E-state index in [1.807, 2.05) is 11.8 Å². The third kappa shape index (κ3) is 3.89. The van der Waals surface area contributed by atoms with Gasteiger partial charge in [-0.15, -0.1) is 0 Å². The molecule has 0 bridgehead atoms. The minimum Gasteiger partial charge on any atom is -0.348 e. The van der Waals surface area contributed by atoms with Gasteiger partial charge in [0.05, 0.1) is 4.92 Å². The Bertz CT molecular complexity index is 553. The molecule has 1 aliphatic carbocycles. The highest BCUT2D eigenvalue weighted by Crippen LogP contribution is 2.30. The molecule has 7 heteroatoms. The summed E-state index contributed by atoms with van der Waals surface area (Å²) >= 11 is 7.60. The molecule has 2 unspecified atom stereocenters. The van der Waals surface area contributed by atoms with Crippen molar-refractivity contribution in [3.8, 4) is 0 Å². The maximum absolute atomic E-state index is 12.3. The molecule has 1 amide bonds. The number of hydrogen-bond donors (Lipinski definition) is 1. The fraction of sp³-hybridized carbons (Fsp3) is 0.500. The van der Waals surface area contributed by atoms with Gasteiger partial charge in [-0.05, 0) is 30.7 Å². The second-order valence-electron chi connectivity index (χ2n) is 4.93. The number of rotatable bonds is 5. The van der Waals surface area contributed by atoms with E-state index in [0.29, 0.717) is 5.25 Å². The van der Waals surface area contributed by atoms with Gasteiger partial charge in [-0.25, -0.2) is 0 Å². The van der Waals surface area contributed by atoms with Crippen LogP contribution in [0.3, 0.4) is 0 Å². The molecule has 1 saturated carbocycles. The van der Waals surface area contributed by atoms with Crippen LogP contribution < -0.4 is 5.32 Å². The summed E-state index contributed by atoms with van der Waals surface area (Å²) in [5.74, 6) is 0.743. The Morgan fingerprint density at radius 2 is 2.29 bits per heavy atom. The summed E-state index contributed by atoms with van der Waals surface area (Å²) in [5, 5.41) is 14.3. The van der Waals surface area contributed by atoms with Gasteiger partial charge in [0.25, 0.3) is 11.6 Å². The predicted octanol–water partition coefficient (Wildman–Crippen LogP) is 3.65. The van der Waals surface area contributed by atoms with Crippen LogP contribution in [0.2, 0.25) is 5.02 Å². The molecule has 5 nitrogen and oxygen atoms in total. The van der Waals surface area contributed by atoms with Crippen LogP contribution in [-0.4, -0.2) is 27.9 Å². The Morgan fingerprint density at radius 3 is 2.95 bits per heavy atom. The number of carbonyl (C=O) groups excluding carboxylic acids is 1. The molecular weight excluding hydrogens is 312 g/mol. The van der Waals surface area contributed by atoms with Crippen molar-refractivity contribution >= 4 is 35.0 Å². The predicted molar refractivity (Wildman–Crippen MR) is 85.1 cm³/mol. The number of thioether (sulfide) groups is 1. The number of nitrogens with zero attached hydrogens (tertiary/aromatic N) is 1. The van der Waals surface area contributed by atoms with Crippen LogP contribution >= 0.6 is 23.4 Å². The number of nitrogens with one attached hydrogen (secondary N) is 1. The molecule has 1 aromatic carbocycles. The van der Waals surface area contributed by atoms with Gasteiger partial charge in [0.15, 0.2) is 0 Å². The van der Waals surface area contributed by atoms with Gasteiger partial charge < -0.3 is 5.32 Å². The summed E-state index contributed by atoms with van der Waals surface area (Å²) in [6, 6.07) is 4.27. The number of halogens is 1. The Morgan fingerprint density at radius 1 is 1.52 bits per heavy atom. The molecule has 0 aliphatic heterocycles. The summed E-state index contributed by atoms with van der Waals surface area (Å²) in [6.45, 7) is 2.10. The zero-order valence-corrected chi connectivity index (χ0v) is 13.2. The monoisotopic (exact) mass is 328 g/mol. The average molecular weight is 329 g/mol. The summed E-state index contributed by atoms with van der Waals surface area (Å²) in [4.78, 5) is 22.5. The Kier molecular flexibility index (Phi) is 5.47. The van der Waals surface area contributed by atoms with Crippen molar-refractivity contribution in [3.05, 3.63) is 38.9 Å². The molecule has 1 aromatic rings. The molecule has 0 aromatic heterocycles. The Labute approximate surface area is 132 Å². The first-order chi connectivity index (χ1) is 10.0. The summed E-state index contributed by atoms with van der Waals surface area (Å²) in [6.07, 6.45) is 3.16. The van der Waals surface area contributed by atoms with Crippen LogP contribution in [0.25, 0.3) is 0 Å². The zero-order chi connectivity index (χ0) is 15.4. The van der Waals surface area contributed by atoms with E-state index in [1.165, 1.54) is 18.2 Å². The number of hydrogen-bond acceptors (Lipinski definition) is 4. The highest BCUT2D eigenvalue weighted by Gasteiger charge is 2.29. The molecule has 114 valence electrons. The van der Waals surface area contributed by atoms with E-state index in [9.17, 15) is 14.9 Å². The van der Waals surface area contributed by atoms with Crippen LogP contribution in [0.5, 0.6) is 0 Å². The van der Waals surface area contributed by atoms with Crippen molar-refractivity contribution in [2.45, 2.75) is 37.5 Å². The number of nitro groups is 1. The normalized spacial score (nSPS) is 21.2. The molecule has 2 atom stereocenters. The van der Waals surface area contributed by atoms with Crippen molar-refractivity contribution < 1.29 is 9.72 Å². The van der Waals surface area contributed by atoms with Gasteiger partial charge in [0.1, 0.15) is 5.02 Å². The fourth-order valence-corrected chi connectivity index (χ4v) is 3.93. The molecule has 2 rings (SSSR count). The van der Waals surface area contributed by atoms with Gasteiger partial charge in [0, 0.05) is 22.9 Å². The summed E-state index contributed by atoms with van der Waals surface area (Å²) < 4.78 is 0. The lowest BCUT2D eigenvalue weighted by molar-refractivity contribution is -0.384. The number of carbonyl (C=O) groups is 1. The summed E-state index contributed by atoms with van der Waals surface area (Å²) in [5.41, 5.74) is 0.0356. The van der Waals surface area contributed by atoms with E-state index in [1.54, 1.807) is 0 Å². The van der Waals surface area contributed by atoms with E-state index in [-0.39, 0.29) is 28.2 Å². The van der Waals surface area contributed by atoms with Gasteiger partial charge in [0.2, 0.25) is 0 Å². The van der Waals surface area contributed by atoms with Gasteiger partial charge in [-0.3, -0.25) is 14.9 Å². The summed E-state index contributed by atoms with van der Waals surface area (Å²) in [7, 11) is 0. The van der Waals surface area contributed by atoms with Gasteiger partial charge in [-0.2, -0.15) is 11.8 Å². The second kappa shape index (κ2) is 7.13. The lowest BCUT2D eigenvalue weighted by atomic mass is 10.1. The maximum Gasteiger partial charge on any atom is 0.288 e. The molecule has 1 fully saturated rings. The van der Waals surface area contributed by atoms with Crippen LogP contribution in [0.15, 0.2) is 18.2 Å². The molecule has 0 spiro atoms. The van der Waals surface area contributed by atoms with Crippen LogP contribution in [0.4, 0.5) is 5.69 Å². The minimum absolute atomic E-state index is 0.0387. The smallest absolute Gasteiger partial charge is 0.288 e. The average Bonchev–Trinajstić information content (AvgIpc) is 2.86. The van der Waals surface area contributed by atoms with E-state index in [0.717, 1.165) is 25.0 Å². The van der Waals surface area contributed by atoms with Crippen molar-refractivity contribution in [2.24, 2.45) is 0 Å². The van der Waals surface area contributed by atoms with Crippen molar-refractivity contribution in [2.75, 3.05) is 5.75 Å². The standard InChI is InChI=1S/C14H17ClN2O3S/c1-2-21-13-5-3-4-11(13)16-14(18)9-6-7-10(15)12(8-9)17(19)20/h6-8,11,13H,2-5H2,1H3,(H,16,18). The second-order valence-corrected chi connectivity index (χ2v) is 6.85. The van der Waals surface area contributed by atoms with Crippen LogP contribution in [0.1, 0.15) is 36.5 Å². The SMILES string of the molecule is CCSC1CCCC1NC(=O)c1ccc(Cl)c([N+](=O)[O-])c1. The van der Waals surface area contributed by atoms with Gasteiger partial charge in [-0.1, -0.05) is 24.9 Å². The third-order valence-electron chi connectivity index (χ3n) is 3.55. The molecule has 0 saturated heterocycles. The first-order valence-electron chi connectivity index (χ1n) is 6.89. The first-order valence-corrected chi connectivity index (χ1v) is 8.32. The largest absolute Gasteiger partial charge is 0.348 e. The van der Waals surface area contributed by atoms with Gasteiger partial charge >= 0.3 is 0 Å². The maximum atomic E-state index is 12.3. The van der Waals surface area contributed by atoms with E-state index >= 15 is 0 Å². The van der Waals surface area contributed by atoms with Crippen molar-refractivity contribution in [3.63, 3.8) is 0 Å². The Balaban J connectivity index is 2.10. The molecule has 0 radical (unpaired) electrons. The van der Waals surface area contributed by atoms with E-state index in [2.05, 4.69) is 12.2 Å². The highest BCUT2D eigenvalue weighted by atomic mass is 35.5. The molecule has 0 heterocycles. The zero-order valence-electron chi connectivity index (χ0n) is 11.7. The van der Waals surface area contributed by atoms with Crippen LogP contribution in [-0.2, 0) is 0 Å². The molecule has 1 aliphatic rings. The number of amides is 1. The van der Waals surface area contributed by atoms with Crippen LogP contribution in [0, 0.1) is 10.1 Å². The quantitative estimate of drug-likeness (QED) is 0.661. The number of nitro benzene ring substituents is 1. The fourth-order valence-electron chi connectivity index (χ4n) is 2.55. The number of benzene rings is 1. The van der Waals surface area contributed by atoms with E-state index in [4.69, 9.17) is 11.6 Å². The molecule has 1 N–H and O–H groups in total. The lowest BCUT2D eigenvalue weighted by Crippen LogP contribution is -2.38. The molecule has 21 heavy (non-hydrogen) atoms. The van der Waals surface area contributed by atoms with Crippen molar-refractivity contribution in [1.29, 1.82) is 0 Å².